The van der Waals surface area contributed by atoms with Crippen LogP contribution in [-0.2, 0) is 4.79 Å². The summed E-state index contributed by atoms with van der Waals surface area (Å²) in [6.07, 6.45) is 0.635. The topological polar surface area (TPSA) is 72.9 Å². The molecule has 118 valence electrons. The number of carbonyl (C=O) groups excluding carboxylic acids is 1. The Morgan fingerprint density at radius 1 is 1.36 bits per heavy atom. The molecule has 2 unspecified atom stereocenters. The number of benzene rings is 1. The van der Waals surface area contributed by atoms with Crippen molar-refractivity contribution in [3.63, 3.8) is 0 Å². The van der Waals surface area contributed by atoms with E-state index in [0.29, 0.717) is 26.1 Å². The molecule has 2 fully saturated rings. The molecule has 22 heavy (non-hydrogen) atoms. The van der Waals surface area contributed by atoms with E-state index in [1.807, 2.05) is 24.3 Å². The van der Waals surface area contributed by atoms with Crippen LogP contribution >= 0.6 is 0 Å². The lowest BCUT2D eigenvalue weighted by Crippen LogP contribution is -2.38. The Bertz CT molecular complexity index is 590. The molecule has 0 spiro atoms. The van der Waals surface area contributed by atoms with Crippen molar-refractivity contribution >= 4 is 17.7 Å². The van der Waals surface area contributed by atoms with Gasteiger partial charge in [0.05, 0.1) is 5.92 Å². The molecule has 0 aromatic heterocycles. The molecule has 6 nitrogen and oxygen atoms in total. The number of hydrogen-bond donors (Lipinski definition) is 2. The number of urea groups is 1. The number of hydrogen-bond acceptors (Lipinski definition) is 3. The minimum Gasteiger partial charge on any atom is -0.481 e. The van der Waals surface area contributed by atoms with Crippen molar-refractivity contribution in [2.45, 2.75) is 12.3 Å². The lowest BCUT2D eigenvalue weighted by atomic mass is 9.81. The number of carboxylic acid groups (broad SMARTS) is 1. The fraction of sp³-hybridized carbons (Fsp3) is 0.500. The van der Waals surface area contributed by atoms with E-state index in [9.17, 15) is 14.7 Å². The van der Waals surface area contributed by atoms with Crippen LogP contribution in [-0.4, -0.2) is 55.2 Å². The van der Waals surface area contributed by atoms with E-state index >= 15 is 0 Å². The van der Waals surface area contributed by atoms with Crippen molar-refractivity contribution in [2.75, 3.05) is 38.1 Å². The van der Waals surface area contributed by atoms with Gasteiger partial charge < -0.3 is 15.3 Å². The first-order valence-electron chi connectivity index (χ1n) is 7.64. The first-order chi connectivity index (χ1) is 10.6. The third-order valence-corrected chi connectivity index (χ3v) is 4.63. The van der Waals surface area contributed by atoms with Gasteiger partial charge in [-0.2, -0.15) is 0 Å². The summed E-state index contributed by atoms with van der Waals surface area (Å²) in [6, 6.07) is 7.73. The maximum absolute atomic E-state index is 12.1. The number of piperidine rings is 1. The summed E-state index contributed by atoms with van der Waals surface area (Å²) in [4.78, 5) is 27.0. The second-order valence-corrected chi connectivity index (χ2v) is 5.99. The second kappa shape index (κ2) is 5.96. The summed E-state index contributed by atoms with van der Waals surface area (Å²) < 4.78 is 0. The molecule has 0 aliphatic carbocycles. The van der Waals surface area contributed by atoms with Gasteiger partial charge >= 0.3 is 12.0 Å². The minimum absolute atomic E-state index is 0.00583. The third kappa shape index (κ3) is 2.66. The van der Waals surface area contributed by atoms with E-state index in [2.05, 4.69) is 5.32 Å². The maximum Gasteiger partial charge on any atom is 0.324 e. The number of aliphatic carboxylic acids is 1. The van der Waals surface area contributed by atoms with Gasteiger partial charge in [0, 0.05) is 38.3 Å². The standard InChI is InChI=1S/C16H21N3O3/c1-18-7-8-19(16(18)22)12-4-2-3-11(9-12)14-10-17-6-5-13(14)15(20)21/h2-4,9,13-14,17H,5-8,10H2,1H3,(H,20,21). The van der Waals surface area contributed by atoms with Gasteiger partial charge in [-0.3, -0.25) is 9.69 Å². The predicted molar refractivity (Wildman–Crippen MR) is 83.2 cm³/mol. The highest BCUT2D eigenvalue weighted by Gasteiger charge is 2.33. The van der Waals surface area contributed by atoms with Crippen LogP contribution in [0.25, 0.3) is 0 Å². The monoisotopic (exact) mass is 303 g/mol. The second-order valence-electron chi connectivity index (χ2n) is 5.99. The van der Waals surface area contributed by atoms with Gasteiger partial charge in [0.15, 0.2) is 0 Å². The Labute approximate surface area is 129 Å². The average Bonchev–Trinajstić information content (AvgIpc) is 2.87. The normalized spacial score (nSPS) is 25.6. The molecule has 6 heteroatoms. The molecule has 1 aromatic rings. The van der Waals surface area contributed by atoms with Crippen LogP contribution in [0.3, 0.4) is 0 Å². The Morgan fingerprint density at radius 2 is 2.18 bits per heavy atom. The van der Waals surface area contributed by atoms with Crippen LogP contribution in [0, 0.1) is 5.92 Å². The molecule has 0 bridgehead atoms. The van der Waals surface area contributed by atoms with Gasteiger partial charge in [-0.15, -0.1) is 0 Å². The largest absolute Gasteiger partial charge is 0.481 e. The van der Waals surface area contributed by atoms with Crippen LogP contribution in [0.5, 0.6) is 0 Å². The van der Waals surface area contributed by atoms with Crippen LogP contribution < -0.4 is 10.2 Å². The number of nitrogens with one attached hydrogen (secondary N) is 1. The van der Waals surface area contributed by atoms with Crippen LogP contribution in [0.1, 0.15) is 17.9 Å². The Hall–Kier alpha value is -2.08. The molecule has 2 amide bonds. The summed E-state index contributed by atoms with van der Waals surface area (Å²) in [5.41, 5.74) is 1.83. The molecule has 2 aliphatic rings. The van der Waals surface area contributed by atoms with Crippen molar-refractivity contribution in [3.05, 3.63) is 29.8 Å². The highest BCUT2D eigenvalue weighted by molar-refractivity contribution is 5.94. The summed E-state index contributed by atoms with van der Waals surface area (Å²) in [5, 5.41) is 12.7. The molecular weight excluding hydrogens is 282 g/mol. The number of amides is 2. The van der Waals surface area contributed by atoms with Gasteiger partial charge in [-0.05, 0) is 30.7 Å². The highest BCUT2D eigenvalue weighted by atomic mass is 16.4. The molecule has 0 saturated carbocycles. The van der Waals surface area contributed by atoms with Crippen LogP contribution in [0.15, 0.2) is 24.3 Å². The molecule has 3 rings (SSSR count). The third-order valence-electron chi connectivity index (χ3n) is 4.63. The Morgan fingerprint density at radius 3 is 2.86 bits per heavy atom. The summed E-state index contributed by atoms with van der Waals surface area (Å²) in [7, 11) is 1.79. The molecule has 2 saturated heterocycles. The van der Waals surface area contributed by atoms with Crippen LogP contribution in [0.4, 0.5) is 10.5 Å². The van der Waals surface area contributed by atoms with Gasteiger partial charge in [0.1, 0.15) is 0 Å². The van der Waals surface area contributed by atoms with E-state index in [1.54, 1.807) is 16.8 Å². The number of nitrogens with zero attached hydrogens (tertiary/aromatic N) is 2. The quantitative estimate of drug-likeness (QED) is 0.884. The van der Waals surface area contributed by atoms with E-state index in [-0.39, 0.29) is 17.9 Å². The van der Waals surface area contributed by atoms with E-state index < -0.39 is 5.97 Å². The van der Waals surface area contributed by atoms with Crippen molar-refractivity contribution in [1.29, 1.82) is 0 Å². The Kier molecular flexibility index (Phi) is 4.02. The first kappa shape index (κ1) is 14.8. The summed E-state index contributed by atoms with van der Waals surface area (Å²) >= 11 is 0. The van der Waals surface area contributed by atoms with Crippen molar-refractivity contribution in [1.82, 2.24) is 10.2 Å². The highest BCUT2D eigenvalue weighted by Crippen LogP contribution is 2.32. The SMILES string of the molecule is CN1CCN(c2cccc(C3CNCCC3C(=O)O)c2)C1=O. The number of likely N-dealkylation sites (N-methyl/N-ethyl adjacent to an activating group) is 1. The molecule has 2 N–H and O–H groups in total. The minimum atomic E-state index is -0.742. The summed E-state index contributed by atoms with van der Waals surface area (Å²) in [5.74, 6) is -1.16. The molecule has 0 radical (unpaired) electrons. The summed E-state index contributed by atoms with van der Waals surface area (Å²) in [6.45, 7) is 2.78. The van der Waals surface area contributed by atoms with Gasteiger partial charge in [0.25, 0.3) is 0 Å². The molecule has 2 aliphatic heterocycles. The molecule has 2 heterocycles. The van der Waals surface area contributed by atoms with Gasteiger partial charge in [0.2, 0.25) is 0 Å². The molecular formula is C16H21N3O3. The van der Waals surface area contributed by atoms with Gasteiger partial charge in [-0.1, -0.05) is 12.1 Å². The number of carboxylic acids is 1. The van der Waals surface area contributed by atoms with Gasteiger partial charge in [-0.25, -0.2) is 4.79 Å². The zero-order valence-corrected chi connectivity index (χ0v) is 12.7. The smallest absolute Gasteiger partial charge is 0.324 e. The lowest BCUT2D eigenvalue weighted by Gasteiger charge is -2.30. The van der Waals surface area contributed by atoms with Crippen molar-refractivity contribution in [2.24, 2.45) is 5.92 Å². The van der Waals surface area contributed by atoms with Crippen molar-refractivity contribution in [3.8, 4) is 0 Å². The maximum atomic E-state index is 12.1. The zero-order valence-electron chi connectivity index (χ0n) is 12.7. The van der Waals surface area contributed by atoms with E-state index in [4.69, 9.17) is 0 Å². The fourth-order valence-electron chi connectivity index (χ4n) is 3.31. The Balaban J connectivity index is 1.87. The average molecular weight is 303 g/mol. The van der Waals surface area contributed by atoms with E-state index in [1.165, 1.54) is 0 Å². The zero-order chi connectivity index (χ0) is 15.7. The number of rotatable bonds is 3. The fourth-order valence-corrected chi connectivity index (χ4v) is 3.31. The van der Waals surface area contributed by atoms with E-state index in [0.717, 1.165) is 17.8 Å². The van der Waals surface area contributed by atoms with Crippen LogP contribution in [0.2, 0.25) is 0 Å². The molecule has 1 aromatic carbocycles. The number of carbonyl (C=O) groups is 2. The first-order valence-corrected chi connectivity index (χ1v) is 7.64. The predicted octanol–water partition coefficient (Wildman–Crippen LogP) is 1.34. The molecule has 2 atom stereocenters. The van der Waals surface area contributed by atoms with Crippen molar-refractivity contribution < 1.29 is 14.7 Å². The number of anilines is 1. The lowest BCUT2D eigenvalue weighted by molar-refractivity contribution is -0.143.